The lowest BCUT2D eigenvalue weighted by Crippen LogP contribution is -2.12. The average molecular weight is 330 g/mol. The number of rotatable bonds is 5. The molecule has 0 amide bonds. The predicted octanol–water partition coefficient (Wildman–Crippen LogP) is 4.29. The van der Waals surface area contributed by atoms with Crippen LogP contribution in [0, 0.1) is 5.82 Å². The van der Waals surface area contributed by atoms with E-state index in [1.54, 1.807) is 31.4 Å². The van der Waals surface area contributed by atoms with Gasteiger partial charge in [-0.05, 0) is 29.8 Å². The summed E-state index contributed by atoms with van der Waals surface area (Å²) in [5, 5.41) is 13.4. The van der Waals surface area contributed by atoms with E-state index < -0.39 is 11.9 Å². The molecule has 0 aliphatic rings. The van der Waals surface area contributed by atoms with Crippen molar-refractivity contribution < 1.29 is 14.2 Å². The minimum Gasteiger partial charge on any atom is -0.497 e. The number of halogens is 3. The molecule has 1 unspecified atom stereocenters. The van der Waals surface area contributed by atoms with Gasteiger partial charge in [0.2, 0.25) is 0 Å². The first-order chi connectivity index (χ1) is 10.0. The van der Waals surface area contributed by atoms with E-state index in [4.69, 9.17) is 27.9 Å². The molecule has 1 atom stereocenters. The molecule has 2 aromatic carbocycles. The maximum Gasteiger partial charge on any atom is 0.126 e. The van der Waals surface area contributed by atoms with Crippen molar-refractivity contribution in [3.05, 3.63) is 57.8 Å². The van der Waals surface area contributed by atoms with Gasteiger partial charge in [-0.25, -0.2) is 4.39 Å². The predicted molar refractivity (Wildman–Crippen MR) is 82.9 cm³/mol. The van der Waals surface area contributed by atoms with E-state index in [0.717, 1.165) is 12.1 Å². The van der Waals surface area contributed by atoms with Crippen LogP contribution >= 0.6 is 23.2 Å². The largest absolute Gasteiger partial charge is 0.497 e. The molecule has 2 N–H and O–H groups in total. The quantitative estimate of drug-likeness (QED) is 0.859. The molecule has 0 bridgehead atoms. The number of aliphatic hydroxyl groups excluding tert-OH is 1. The highest BCUT2D eigenvalue weighted by molar-refractivity contribution is 6.39. The minimum absolute atomic E-state index is 0.165. The number of nitrogens with one attached hydrogen (secondary N) is 1. The number of ether oxygens (including phenoxy) is 1. The summed E-state index contributed by atoms with van der Waals surface area (Å²) in [5.41, 5.74) is 1.08. The number of benzene rings is 2. The topological polar surface area (TPSA) is 41.5 Å². The molecule has 2 aromatic rings. The molecule has 0 fully saturated rings. The molecule has 0 aromatic heterocycles. The summed E-state index contributed by atoms with van der Waals surface area (Å²) in [6.07, 6.45) is -0.780. The number of aliphatic hydroxyl groups is 1. The fraction of sp³-hybridized carbons (Fsp3) is 0.200. The van der Waals surface area contributed by atoms with E-state index in [1.807, 2.05) is 0 Å². The van der Waals surface area contributed by atoms with Crippen molar-refractivity contribution >= 4 is 28.9 Å². The van der Waals surface area contributed by atoms with Gasteiger partial charge < -0.3 is 15.2 Å². The summed E-state index contributed by atoms with van der Waals surface area (Å²) < 4.78 is 18.2. The van der Waals surface area contributed by atoms with E-state index in [2.05, 4.69) is 5.32 Å². The maximum absolute atomic E-state index is 13.1. The van der Waals surface area contributed by atoms with Gasteiger partial charge >= 0.3 is 0 Å². The summed E-state index contributed by atoms with van der Waals surface area (Å²) in [4.78, 5) is 0. The van der Waals surface area contributed by atoms with Gasteiger partial charge in [0.25, 0.3) is 0 Å². The van der Waals surface area contributed by atoms with E-state index in [0.29, 0.717) is 17.0 Å². The summed E-state index contributed by atoms with van der Waals surface area (Å²) in [5.74, 6) is 0.147. The van der Waals surface area contributed by atoms with Crippen molar-refractivity contribution in [2.45, 2.75) is 6.10 Å². The molecule has 3 nitrogen and oxygen atoms in total. The van der Waals surface area contributed by atoms with Crippen LogP contribution in [0.4, 0.5) is 10.1 Å². The van der Waals surface area contributed by atoms with Gasteiger partial charge in [-0.2, -0.15) is 0 Å². The number of methoxy groups -OCH3 is 1. The molecule has 112 valence electrons. The molecule has 0 spiro atoms. The standard InChI is InChI=1S/C15H14Cl2FNO2/c1-21-11-4-2-3-9(5-11)14(20)8-19-15-12(16)6-10(18)7-13(15)17/h2-7,14,19-20H,8H2,1H3. The number of anilines is 1. The van der Waals surface area contributed by atoms with Crippen LogP contribution < -0.4 is 10.1 Å². The fourth-order valence-corrected chi connectivity index (χ4v) is 2.47. The molecular formula is C15H14Cl2FNO2. The van der Waals surface area contributed by atoms with Crippen molar-refractivity contribution in [2.24, 2.45) is 0 Å². The zero-order chi connectivity index (χ0) is 15.4. The molecule has 21 heavy (non-hydrogen) atoms. The van der Waals surface area contributed by atoms with Gasteiger partial charge in [-0.1, -0.05) is 35.3 Å². The molecule has 0 saturated heterocycles. The van der Waals surface area contributed by atoms with Gasteiger partial charge in [0.1, 0.15) is 11.6 Å². The molecule has 0 radical (unpaired) electrons. The van der Waals surface area contributed by atoms with Crippen LogP contribution in [0.5, 0.6) is 5.75 Å². The second kappa shape index (κ2) is 6.98. The van der Waals surface area contributed by atoms with Crippen LogP contribution in [0.1, 0.15) is 11.7 Å². The normalized spacial score (nSPS) is 12.0. The smallest absolute Gasteiger partial charge is 0.126 e. The Morgan fingerprint density at radius 2 is 1.90 bits per heavy atom. The number of hydrogen-bond donors (Lipinski definition) is 2. The third-order valence-corrected chi connectivity index (χ3v) is 3.55. The summed E-state index contributed by atoms with van der Waals surface area (Å²) in [6, 6.07) is 9.41. The Bertz CT molecular complexity index is 614. The van der Waals surface area contributed by atoms with Crippen LogP contribution in [-0.4, -0.2) is 18.8 Å². The lowest BCUT2D eigenvalue weighted by Gasteiger charge is -2.16. The lowest BCUT2D eigenvalue weighted by molar-refractivity contribution is 0.191. The highest BCUT2D eigenvalue weighted by atomic mass is 35.5. The molecule has 2 rings (SSSR count). The Labute approximate surface area is 132 Å². The molecule has 0 heterocycles. The van der Waals surface area contributed by atoms with Gasteiger partial charge in [0.05, 0.1) is 28.9 Å². The van der Waals surface area contributed by atoms with Crippen molar-refractivity contribution in [1.82, 2.24) is 0 Å². The lowest BCUT2D eigenvalue weighted by atomic mass is 10.1. The van der Waals surface area contributed by atoms with Gasteiger partial charge in [-0.3, -0.25) is 0 Å². The summed E-state index contributed by atoms with van der Waals surface area (Å²) >= 11 is 11.8. The van der Waals surface area contributed by atoms with Crippen molar-refractivity contribution in [3.8, 4) is 5.75 Å². The van der Waals surface area contributed by atoms with E-state index in [1.165, 1.54) is 0 Å². The summed E-state index contributed by atoms with van der Waals surface area (Å²) in [6.45, 7) is 0.179. The Balaban J connectivity index is 2.09. The van der Waals surface area contributed by atoms with Gasteiger partial charge in [0.15, 0.2) is 0 Å². The average Bonchev–Trinajstić information content (AvgIpc) is 2.46. The first-order valence-corrected chi connectivity index (χ1v) is 6.97. The van der Waals surface area contributed by atoms with Crippen LogP contribution in [0.15, 0.2) is 36.4 Å². The Kier molecular flexibility index (Phi) is 5.28. The maximum atomic E-state index is 13.1. The van der Waals surface area contributed by atoms with E-state index in [9.17, 15) is 9.50 Å². The van der Waals surface area contributed by atoms with Crippen LogP contribution in [0.3, 0.4) is 0 Å². The van der Waals surface area contributed by atoms with Crippen molar-refractivity contribution in [1.29, 1.82) is 0 Å². The van der Waals surface area contributed by atoms with Crippen LogP contribution in [-0.2, 0) is 0 Å². The number of hydrogen-bond acceptors (Lipinski definition) is 3. The molecule has 0 aliphatic carbocycles. The second-order valence-corrected chi connectivity index (χ2v) is 5.23. The minimum atomic E-state index is -0.780. The Morgan fingerprint density at radius 3 is 2.52 bits per heavy atom. The van der Waals surface area contributed by atoms with E-state index >= 15 is 0 Å². The van der Waals surface area contributed by atoms with Gasteiger partial charge in [0, 0.05) is 6.54 Å². The molecule has 6 heteroatoms. The van der Waals surface area contributed by atoms with Crippen molar-refractivity contribution in [2.75, 3.05) is 19.0 Å². The van der Waals surface area contributed by atoms with Crippen molar-refractivity contribution in [3.63, 3.8) is 0 Å². The van der Waals surface area contributed by atoms with Crippen LogP contribution in [0.25, 0.3) is 0 Å². The highest BCUT2D eigenvalue weighted by Gasteiger charge is 2.12. The SMILES string of the molecule is COc1cccc(C(O)CNc2c(Cl)cc(F)cc2Cl)c1. The Morgan fingerprint density at radius 1 is 1.24 bits per heavy atom. The summed E-state index contributed by atoms with van der Waals surface area (Å²) in [7, 11) is 1.56. The molecule has 0 aliphatic heterocycles. The monoisotopic (exact) mass is 329 g/mol. The van der Waals surface area contributed by atoms with Crippen LogP contribution in [0.2, 0.25) is 10.0 Å². The molecule has 0 saturated carbocycles. The first kappa shape index (κ1) is 15.9. The fourth-order valence-electron chi connectivity index (χ4n) is 1.88. The molecular weight excluding hydrogens is 316 g/mol. The zero-order valence-corrected chi connectivity index (χ0v) is 12.7. The Hall–Kier alpha value is -1.49. The third-order valence-electron chi connectivity index (χ3n) is 2.96. The zero-order valence-electron chi connectivity index (χ0n) is 11.2. The van der Waals surface area contributed by atoms with Gasteiger partial charge in [-0.15, -0.1) is 0 Å². The van der Waals surface area contributed by atoms with E-state index in [-0.39, 0.29) is 16.6 Å². The highest BCUT2D eigenvalue weighted by Crippen LogP contribution is 2.32. The third kappa shape index (κ3) is 4.00. The second-order valence-electron chi connectivity index (χ2n) is 4.42. The first-order valence-electron chi connectivity index (χ1n) is 6.21.